The first-order chi connectivity index (χ1) is 37.1. The summed E-state index contributed by atoms with van der Waals surface area (Å²) in [7, 11) is 0. The monoisotopic (exact) mass is 1080 g/mol. The van der Waals surface area contributed by atoms with Crippen LogP contribution in [0.25, 0.3) is 0 Å². The van der Waals surface area contributed by atoms with E-state index in [-0.39, 0.29) is 12.5 Å². The first-order valence-electron chi connectivity index (χ1n) is 30.5. The minimum Gasteiger partial charge on any atom is -0.394 e. The van der Waals surface area contributed by atoms with E-state index in [4.69, 9.17) is 18.9 Å². The first kappa shape index (κ1) is 69.8. The molecule has 2 aliphatic heterocycles. The maximum Gasteiger partial charge on any atom is 0.220 e. The van der Waals surface area contributed by atoms with Crippen molar-refractivity contribution in [3.8, 4) is 0 Å². The smallest absolute Gasteiger partial charge is 0.220 e. The van der Waals surface area contributed by atoms with Crippen LogP contribution in [0.4, 0.5) is 0 Å². The number of nitrogens with one attached hydrogen (secondary N) is 1. The SMILES string of the molecule is CC/C=C\C/C=C\C/C=C\C/C=C\C/C=C\CCCCCCCCCCCCCCCCCC(=O)NC(COC1OC(CO)C(OC2OC(CO)C(O)C(O)C2O)C(O)C1O)C(O)CCCCCCCCCCCCC. The Bertz CT molecular complexity index is 1510. The molecule has 12 unspecified atom stereocenters. The Kier molecular flexibility index (Phi) is 43.6. The highest BCUT2D eigenvalue weighted by Gasteiger charge is 2.51. The second-order valence-electron chi connectivity index (χ2n) is 21.5. The van der Waals surface area contributed by atoms with Gasteiger partial charge in [-0.15, -0.1) is 0 Å². The summed E-state index contributed by atoms with van der Waals surface area (Å²) in [6.07, 6.45) is 43.8. The molecule has 442 valence electrons. The molecule has 0 aliphatic carbocycles. The highest BCUT2D eigenvalue weighted by Crippen LogP contribution is 2.30. The zero-order valence-electron chi connectivity index (χ0n) is 47.5. The van der Waals surface area contributed by atoms with Crippen molar-refractivity contribution < 1.29 is 64.6 Å². The maximum absolute atomic E-state index is 13.3. The molecule has 0 radical (unpaired) electrons. The van der Waals surface area contributed by atoms with Gasteiger partial charge in [0.2, 0.25) is 5.91 Å². The number of carbonyl (C=O) groups excluding carboxylic acids is 1. The summed E-state index contributed by atoms with van der Waals surface area (Å²) < 4.78 is 22.8. The lowest BCUT2D eigenvalue weighted by Gasteiger charge is -2.46. The number of aliphatic hydroxyl groups is 8. The van der Waals surface area contributed by atoms with Crippen LogP contribution in [0.15, 0.2) is 60.8 Å². The van der Waals surface area contributed by atoms with Crippen LogP contribution in [-0.4, -0.2) is 140 Å². The summed E-state index contributed by atoms with van der Waals surface area (Å²) in [5.74, 6) is -0.209. The van der Waals surface area contributed by atoms with E-state index in [9.17, 15) is 45.6 Å². The van der Waals surface area contributed by atoms with Gasteiger partial charge in [0, 0.05) is 6.42 Å². The quantitative estimate of drug-likeness (QED) is 0.0204. The minimum absolute atomic E-state index is 0.209. The van der Waals surface area contributed by atoms with Crippen LogP contribution in [0.5, 0.6) is 0 Å². The Labute approximate surface area is 460 Å². The summed E-state index contributed by atoms with van der Waals surface area (Å²) in [4.78, 5) is 13.3. The number of ether oxygens (including phenoxy) is 4. The largest absolute Gasteiger partial charge is 0.394 e. The van der Waals surface area contributed by atoms with Crippen molar-refractivity contribution in [2.24, 2.45) is 0 Å². The lowest BCUT2D eigenvalue weighted by atomic mass is 9.97. The van der Waals surface area contributed by atoms with Crippen molar-refractivity contribution in [2.75, 3.05) is 19.8 Å². The molecule has 1 amide bonds. The summed E-state index contributed by atoms with van der Waals surface area (Å²) in [5.41, 5.74) is 0. The second kappa shape index (κ2) is 47.5. The van der Waals surface area contributed by atoms with Crippen molar-refractivity contribution in [1.29, 1.82) is 0 Å². The fourth-order valence-electron chi connectivity index (χ4n) is 9.85. The second-order valence-corrected chi connectivity index (χ2v) is 21.5. The number of aliphatic hydroxyl groups excluding tert-OH is 8. The zero-order chi connectivity index (χ0) is 55.3. The molecule has 0 saturated carbocycles. The van der Waals surface area contributed by atoms with Gasteiger partial charge in [-0.3, -0.25) is 4.79 Å². The predicted molar refractivity (Wildman–Crippen MR) is 304 cm³/mol. The van der Waals surface area contributed by atoms with Crippen LogP contribution in [0.2, 0.25) is 0 Å². The molecule has 14 nitrogen and oxygen atoms in total. The molecule has 0 aromatic carbocycles. The molecule has 2 saturated heterocycles. The van der Waals surface area contributed by atoms with Crippen LogP contribution in [0.3, 0.4) is 0 Å². The Morgan fingerprint density at radius 2 is 0.908 bits per heavy atom. The van der Waals surface area contributed by atoms with E-state index < -0.39 is 86.8 Å². The van der Waals surface area contributed by atoms with Gasteiger partial charge in [-0.05, 0) is 57.8 Å². The van der Waals surface area contributed by atoms with Crippen LogP contribution >= 0.6 is 0 Å². The van der Waals surface area contributed by atoms with E-state index >= 15 is 0 Å². The van der Waals surface area contributed by atoms with E-state index in [1.807, 2.05) is 0 Å². The third-order valence-corrected chi connectivity index (χ3v) is 14.7. The molecular formula is C62H111NO13. The number of rotatable bonds is 48. The first-order valence-corrected chi connectivity index (χ1v) is 30.5. The molecule has 9 N–H and O–H groups in total. The molecule has 12 atom stereocenters. The van der Waals surface area contributed by atoms with Crippen LogP contribution < -0.4 is 5.32 Å². The van der Waals surface area contributed by atoms with Gasteiger partial charge in [0.25, 0.3) is 0 Å². The van der Waals surface area contributed by atoms with Crippen LogP contribution in [0.1, 0.15) is 232 Å². The summed E-state index contributed by atoms with van der Waals surface area (Å²) in [6, 6.07) is -0.829. The van der Waals surface area contributed by atoms with E-state index in [0.29, 0.717) is 12.8 Å². The van der Waals surface area contributed by atoms with Crippen molar-refractivity contribution >= 4 is 5.91 Å². The fourth-order valence-corrected chi connectivity index (χ4v) is 9.85. The van der Waals surface area contributed by atoms with Crippen molar-refractivity contribution in [3.05, 3.63) is 60.8 Å². The third-order valence-electron chi connectivity index (χ3n) is 14.7. The van der Waals surface area contributed by atoms with Gasteiger partial charge in [-0.2, -0.15) is 0 Å². The predicted octanol–water partition coefficient (Wildman–Crippen LogP) is 10.6. The summed E-state index contributed by atoms with van der Waals surface area (Å²) in [6.45, 7) is 2.73. The molecule has 2 heterocycles. The number of carbonyl (C=O) groups is 1. The summed E-state index contributed by atoms with van der Waals surface area (Å²) >= 11 is 0. The van der Waals surface area contributed by atoms with E-state index in [1.54, 1.807) is 0 Å². The molecule has 14 heteroatoms. The lowest BCUT2D eigenvalue weighted by molar-refractivity contribution is -0.359. The standard InChI is InChI=1S/C62H111NO13/c1-3-5-7-9-11-13-15-16-17-18-19-20-21-22-23-24-25-26-27-28-29-30-31-32-33-34-36-38-40-42-44-46-54(67)63-50(51(66)45-43-41-39-37-35-14-12-10-8-6-4-2)49-73-61-59(72)57(70)60(53(48-65)75-61)76-62-58(71)56(69)55(68)52(47-64)74-62/h5,7,11,13,16-17,19-20,22-23,50-53,55-62,64-66,68-72H,3-4,6,8-10,12,14-15,18,21,24-49H2,1-2H3,(H,63,67)/b7-5-,13-11-,17-16-,20-19-,23-22-. The molecule has 2 rings (SSSR count). The third kappa shape index (κ3) is 32.7. The summed E-state index contributed by atoms with van der Waals surface area (Å²) in [5, 5.41) is 87.1. The maximum atomic E-state index is 13.3. The molecular weight excluding hydrogens is 967 g/mol. The van der Waals surface area contributed by atoms with Crippen LogP contribution in [-0.2, 0) is 23.7 Å². The average Bonchev–Trinajstić information content (AvgIpc) is 3.42. The van der Waals surface area contributed by atoms with Gasteiger partial charge in [-0.25, -0.2) is 0 Å². The van der Waals surface area contributed by atoms with Gasteiger partial charge < -0.3 is 65.1 Å². The molecule has 2 fully saturated rings. The van der Waals surface area contributed by atoms with Gasteiger partial charge >= 0.3 is 0 Å². The van der Waals surface area contributed by atoms with Crippen molar-refractivity contribution in [3.63, 3.8) is 0 Å². The van der Waals surface area contributed by atoms with E-state index in [1.165, 1.54) is 122 Å². The van der Waals surface area contributed by atoms with Gasteiger partial charge in [0.15, 0.2) is 12.6 Å². The molecule has 0 spiro atoms. The number of hydrogen-bond acceptors (Lipinski definition) is 13. The molecule has 0 aromatic heterocycles. The van der Waals surface area contributed by atoms with Gasteiger partial charge in [-0.1, -0.05) is 229 Å². The van der Waals surface area contributed by atoms with E-state index in [0.717, 1.165) is 83.5 Å². The molecule has 0 aromatic rings. The lowest BCUT2D eigenvalue weighted by Crippen LogP contribution is -2.65. The van der Waals surface area contributed by atoms with Gasteiger partial charge in [0.1, 0.15) is 48.8 Å². The van der Waals surface area contributed by atoms with Crippen molar-refractivity contribution in [1.82, 2.24) is 5.32 Å². The highest BCUT2D eigenvalue weighted by molar-refractivity contribution is 5.76. The number of unbranched alkanes of at least 4 members (excludes halogenated alkanes) is 25. The average molecular weight is 1080 g/mol. The Hall–Kier alpha value is -2.31. The fraction of sp³-hybridized carbons (Fsp3) is 0.823. The Balaban J connectivity index is 1.64. The number of allylic oxidation sites excluding steroid dienone is 10. The van der Waals surface area contributed by atoms with E-state index in [2.05, 4.69) is 79.9 Å². The zero-order valence-corrected chi connectivity index (χ0v) is 47.5. The topological polar surface area (TPSA) is 228 Å². The van der Waals surface area contributed by atoms with Crippen molar-refractivity contribution in [2.45, 2.75) is 306 Å². The van der Waals surface area contributed by atoms with Crippen LogP contribution in [0, 0.1) is 0 Å². The van der Waals surface area contributed by atoms with Gasteiger partial charge in [0.05, 0.1) is 32.0 Å². The number of amides is 1. The molecule has 2 aliphatic rings. The minimum atomic E-state index is -1.78. The normalized spacial score (nSPS) is 25.3. The molecule has 76 heavy (non-hydrogen) atoms. The Morgan fingerprint density at radius 3 is 1.39 bits per heavy atom. The number of hydrogen-bond donors (Lipinski definition) is 9. The highest BCUT2D eigenvalue weighted by atomic mass is 16.7. The molecule has 0 bridgehead atoms. The Morgan fingerprint density at radius 1 is 0.487 bits per heavy atom.